The Kier molecular flexibility index (Phi) is 5.17. The molecule has 2 aromatic carbocycles. The average Bonchev–Trinajstić information content (AvgIpc) is 2.53. The molecule has 0 spiro atoms. The van der Waals surface area contributed by atoms with Crippen LogP contribution in [-0.2, 0) is 10.0 Å². The van der Waals surface area contributed by atoms with E-state index in [-0.39, 0.29) is 21.9 Å². The highest BCUT2D eigenvalue weighted by molar-refractivity contribution is 7.92. The predicted octanol–water partition coefficient (Wildman–Crippen LogP) is 1.80. The second-order valence-electron chi connectivity index (χ2n) is 5.39. The molecular formula is C16H18FN3O4S. The predicted molar refractivity (Wildman–Crippen MR) is 93.0 cm³/mol. The van der Waals surface area contributed by atoms with Gasteiger partial charge in [-0.1, -0.05) is 0 Å². The van der Waals surface area contributed by atoms with E-state index in [1.54, 1.807) is 19.0 Å². The third-order valence-electron chi connectivity index (χ3n) is 3.43. The highest BCUT2D eigenvalue weighted by Crippen LogP contribution is 2.26. The molecule has 2 aromatic rings. The first kappa shape index (κ1) is 18.5. The number of nitrogens with one attached hydrogen (secondary N) is 1. The summed E-state index contributed by atoms with van der Waals surface area (Å²) in [6, 6.07) is 7.66. The molecule has 0 saturated carbocycles. The van der Waals surface area contributed by atoms with Gasteiger partial charge in [0.25, 0.3) is 15.9 Å². The van der Waals surface area contributed by atoms with Crippen molar-refractivity contribution in [2.24, 2.45) is 5.73 Å². The van der Waals surface area contributed by atoms with Gasteiger partial charge < -0.3 is 15.4 Å². The molecule has 7 nitrogen and oxygen atoms in total. The maximum atomic E-state index is 14.0. The Hall–Kier alpha value is -2.81. The van der Waals surface area contributed by atoms with Crippen LogP contribution in [0.4, 0.5) is 15.8 Å². The van der Waals surface area contributed by atoms with Crippen LogP contribution in [0.5, 0.6) is 5.75 Å². The lowest BCUT2D eigenvalue weighted by Gasteiger charge is -2.15. The van der Waals surface area contributed by atoms with Crippen molar-refractivity contribution in [1.82, 2.24) is 0 Å². The van der Waals surface area contributed by atoms with Gasteiger partial charge in [-0.2, -0.15) is 0 Å². The van der Waals surface area contributed by atoms with Crippen LogP contribution >= 0.6 is 0 Å². The fraction of sp³-hybridized carbons (Fsp3) is 0.188. The molecular weight excluding hydrogens is 349 g/mol. The first-order valence-corrected chi connectivity index (χ1v) is 8.61. The summed E-state index contributed by atoms with van der Waals surface area (Å²) >= 11 is 0. The lowest BCUT2D eigenvalue weighted by molar-refractivity contribution is 0.0997. The van der Waals surface area contributed by atoms with Crippen molar-refractivity contribution in [1.29, 1.82) is 0 Å². The molecule has 0 aliphatic rings. The maximum absolute atomic E-state index is 14.0. The Bertz CT molecular complexity index is 914. The molecule has 3 N–H and O–H groups in total. The van der Waals surface area contributed by atoms with Gasteiger partial charge in [-0.3, -0.25) is 9.52 Å². The van der Waals surface area contributed by atoms with Gasteiger partial charge in [0.05, 0.1) is 28.9 Å². The van der Waals surface area contributed by atoms with Gasteiger partial charge in [0.2, 0.25) is 0 Å². The number of primary amides is 1. The molecule has 0 unspecified atom stereocenters. The number of carbonyl (C=O) groups is 1. The minimum absolute atomic E-state index is 0.0551. The molecule has 0 aliphatic carbocycles. The number of ether oxygens (including phenoxy) is 1. The van der Waals surface area contributed by atoms with Crippen LogP contribution in [0.3, 0.4) is 0 Å². The number of rotatable bonds is 6. The molecule has 134 valence electrons. The number of carbonyl (C=O) groups excluding carboxylic acids is 1. The molecule has 0 atom stereocenters. The van der Waals surface area contributed by atoms with Gasteiger partial charge in [0, 0.05) is 20.2 Å². The summed E-state index contributed by atoms with van der Waals surface area (Å²) in [5.74, 6) is -1.24. The number of amides is 1. The molecule has 0 saturated heterocycles. The van der Waals surface area contributed by atoms with Crippen LogP contribution < -0.4 is 20.1 Å². The molecule has 0 aromatic heterocycles. The summed E-state index contributed by atoms with van der Waals surface area (Å²) in [4.78, 5) is 12.8. The number of hydrogen-bond donors (Lipinski definition) is 2. The number of halogens is 1. The monoisotopic (exact) mass is 367 g/mol. The van der Waals surface area contributed by atoms with E-state index < -0.39 is 21.7 Å². The van der Waals surface area contributed by atoms with Gasteiger partial charge in [-0.05, 0) is 30.3 Å². The second-order valence-corrected chi connectivity index (χ2v) is 7.07. The van der Waals surface area contributed by atoms with Gasteiger partial charge >= 0.3 is 0 Å². The Balaban J connectivity index is 2.38. The highest BCUT2D eigenvalue weighted by Gasteiger charge is 2.19. The lowest BCUT2D eigenvalue weighted by Crippen LogP contribution is -2.17. The Labute approximate surface area is 145 Å². The molecule has 9 heteroatoms. The van der Waals surface area contributed by atoms with E-state index in [9.17, 15) is 17.6 Å². The Morgan fingerprint density at radius 1 is 1.20 bits per heavy atom. The molecule has 0 fully saturated rings. The van der Waals surface area contributed by atoms with Gasteiger partial charge in [-0.15, -0.1) is 0 Å². The zero-order valence-electron chi connectivity index (χ0n) is 13.9. The van der Waals surface area contributed by atoms with Crippen molar-refractivity contribution in [3.63, 3.8) is 0 Å². The van der Waals surface area contributed by atoms with Gasteiger partial charge in [0.15, 0.2) is 0 Å². The molecule has 2 rings (SSSR count). The van der Waals surface area contributed by atoms with E-state index in [1.165, 1.54) is 31.4 Å². The first-order chi connectivity index (χ1) is 11.7. The smallest absolute Gasteiger partial charge is 0.261 e. The van der Waals surface area contributed by atoms with Crippen molar-refractivity contribution < 1.29 is 22.3 Å². The summed E-state index contributed by atoms with van der Waals surface area (Å²) in [5.41, 5.74) is 5.54. The van der Waals surface area contributed by atoms with E-state index in [2.05, 4.69) is 4.72 Å². The third-order valence-corrected chi connectivity index (χ3v) is 4.81. The fourth-order valence-electron chi connectivity index (χ4n) is 2.19. The van der Waals surface area contributed by atoms with Crippen molar-refractivity contribution >= 4 is 27.3 Å². The number of benzene rings is 2. The van der Waals surface area contributed by atoms with Crippen LogP contribution in [0, 0.1) is 5.82 Å². The maximum Gasteiger partial charge on any atom is 0.261 e. The van der Waals surface area contributed by atoms with Crippen LogP contribution in [-0.4, -0.2) is 35.5 Å². The summed E-state index contributed by atoms with van der Waals surface area (Å²) < 4.78 is 46.2. The third kappa shape index (κ3) is 4.00. The van der Waals surface area contributed by atoms with Crippen molar-refractivity contribution in [3.8, 4) is 5.75 Å². The number of sulfonamides is 1. The second kappa shape index (κ2) is 6.98. The van der Waals surface area contributed by atoms with Crippen LogP contribution in [0.2, 0.25) is 0 Å². The Morgan fingerprint density at radius 3 is 2.40 bits per heavy atom. The summed E-state index contributed by atoms with van der Waals surface area (Å²) in [6.07, 6.45) is 0. The standard InChI is InChI=1S/C16H18FN3O4S/c1-20(2)14-6-4-10(8-13(14)17)19-25(22,23)11-5-7-15(24-3)12(9-11)16(18)21/h4-9,19H,1-3H3,(H2,18,21). The molecule has 0 radical (unpaired) electrons. The van der Waals surface area contributed by atoms with E-state index in [0.29, 0.717) is 5.69 Å². The largest absolute Gasteiger partial charge is 0.496 e. The average molecular weight is 367 g/mol. The summed E-state index contributed by atoms with van der Waals surface area (Å²) in [6.45, 7) is 0. The zero-order chi connectivity index (χ0) is 18.8. The van der Waals surface area contributed by atoms with Crippen LogP contribution in [0.1, 0.15) is 10.4 Å². The Morgan fingerprint density at radius 2 is 1.88 bits per heavy atom. The number of nitrogens with zero attached hydrogens (tertiary/aromatic N) is 1. The molecule has 0 bridgehead atoms. The number of hydrogen-bond acceptors (Lipinski definition) is 5. The van der Waals surface area contributed by atoms with Crippen molar-refractivity contribution in [2.45, 2.75) is 4.90 Å². The van der Waals surface area contributed by atoms with Crippen LogP contribution in [0.25, 0.3) is 0 Å². The first-order valence-electron chi connectivity index (χ1n) is 7.13. The van der Waals surface area contributed by atoms with E-state index >= 15 is 0 Å². The minimum Gasteiger partial charge on any atom is -0.496 e. The number of methoxy groups -OCH3 is 1. The van der Waals surface area contributed by atoms with Gasteiger partial charge in [-0.25, -0.2) is 12.8 Å². The van der Waals surface area contributed by atoms with Crippen LogP contribution in [0.15, 0.2) is 41.3 Å². The SMILES string of the molecule is COc1ccc(S(=O)(=O)Nc2ccc(N(C)C)c(F)c2)cc1C(N)=O. The minimum atomic E-state index is -4.04. The molecule has 0 heterocycles. The van der Waals surface area contributed by atoms with E-state index in [1.807, 2.05) is 0 Å². The lowest BCUT2D eigenvalue weighted by atomic mass is 10.2. The van der Waals surface area contributed by atoms with E-state index in [4.69, 9.17) is 10.5 Å². The summed E-state index contributed by atoms with van der Waals surface area (Å²) in [5, 5.41) is 0. The van der Waals surface area contributed by atoms with Gasteiger partial charge in [0.1, 0.15) is 11.6 Å². The van der Waals surface area contributed by atoms with Crippen molar-refractivity contribution in [3.05, 3.63) is 47.8 Å². The summed E-state index contributed by atoms with van der Waals surface area (Å²) in [7, 11) is 0.642. The van der Waals surface area contributed by atoms with E-state index in [0.717, 1.165) is 12.1 Å². The number of anilines is 2. The normalized spacial score (nSPS) is 11.0. The fourth-order valence-corrected chi connectivity index (χ4v) is 3.27. The molecule has 1 amide bonds. The number of nitrogens with two attached hydrogens (primary N) is 1. The topological polar surface area (TPSA) is 102 Å². The molecule has 25 heavy (non-hydrogen) atoms. The quantitative estimate of drug-likeness (QED) is 0.811. The zero-order valence-corrected chi connectivity index (χ0v) is 14.7. The van der Waals surface area contributed by atoms with Crippen molar-refractivity contribution in [2.75, 3.05) is 30.8 Å². The molecule has 0 aliphatic heterocycles. The highest BCUT2D eigenvalue weighted by atomic mass is 32.2.